The highest BCUT2D eigenvalue weighted by Crippen LogP contribution is 2.46. The maximum absolute atomic E-state index is 5.88. The van der Waals surface area contributed by atoms with E-state index in [0.717, 1.165) is 22.8 Å². The first-order chi connectivity index (χ1) is 7.20. The molecule has 0 bridgehead atoms. The molecule has 0 aliphatic heterocycles. The van der Waals surface area contributed by atoms with Crippen molar-refractivity contribution in [1.82, 2.24) is 0 Å². The zero-order valence-electron chi connectivity index (χ0n) is 9.54. The Morgan fingerprint density at radius 2 is 1.87 bits per heavy atom. The van der Waals surface area contributed by atoms with Crippen LogP contribution in [0.3, 0.4) is 0 Å². The summed E-state index contributed by atoms with van der Waals surface area (Å²) in [5.41, 5.74) is 1.47. The van der Waals surface area contributed by atoms with Gasteiger partial charge in [-0.25, -0.2) is 0 Å². The van der Waals surface area contributed by atoms with E-state index in [4.69, 9.17) is 11.6 Å². The Hall–Kier alpha value is -0.490. The van der Waals surface area contributed by atoms with Crippen LogP contribution in [0.15, 0.2) is 24.3 Å². The molecule has 1 unspecified atom stereocenters. The Morgan fingerprint density at radius 1 is 1.27 bits per heavy atom. The van der Waals surface area contributed by atoms with E-state index in [-0.39, 0.29) is 0 Å². The van der Waals surface area contributed by atoms with E-state index in [1.54, 1.807) is 0 Å². The van der Waals surface area contributed by atoms with Crippen LogP contribution in [-0.4, -0.2) is 0 Å². The van der Waals surface area contributed by atoms with Crippen molar-refractivity contribution in [2.24, 2.45) is 11.8 Å². The largest absolute Gasteiger partial charge is 0.0843 e. The molecular formula is C14H19Cl. The molecule has 82 valence electrons. The number of hydrogen-bond acceptors (Lipinski definition) is 0. The quantitative estimate of drug-likeness (QED) is 0.684. The fourth-order valence-electron chi connectivity index (χ4n) is 2.47. The van der Waals surface area contributed by atoms with Gasteiger partial charge in [0.15, 0.2) is 0 Å². The summed E-state index contributed by atoms with van der Waals surface area (Å²) in [4.78, 5) is 0. The van der Waals surface area contributed by atoms with Gasteiger partial charge in [0.05, 0.1) is 0 Å². The van der Waals surface area contributed by atoms with Gasteiger partial charge in [-0.15, -0.1) is 0 Å². The third kappa shape index (κ3) is 2.36. The first-order valence-corrected chi connectivity index (χ1v) is 6.34. The molecule has 1 saturated carbocycles. The highest BCUT2D eigenvalue weighted by Gasteiger charge is 2.32. The summed E-state index contributed by atoms with van der Waals surface area (Å²) in [5, 5.41) is 0.844. The minimum atomic E-state index is 0.793. The SMILES string of the molecule is CCC(C)C1CC(c2ccc(Cl)cc2)C1. The first kappa shape index (κ1) is 11.0. The van der Waals surface area contributed by atoms with E-state index in [9.17, 15) is 0 Å². The summed E-state index contributed by atoms with van der Waals surface area (Å²) < 4.78 is 0. The average Bonchev–Trinajstić information content (AvgIpc) is 2.18. The van der Waals surface area contributed by atoms with Gasteiger partial charge in [0.1, 0.15) is 0 Å². The minimum absolute atomic E-state index is 0.793. The van der Waals surface area contributed by atoms with E-state index in [1.165, 1.54) is 24.8 Å². The Bertz CT molecular complexity index is 309. The summed E-state index contributed by atoms with van der Waals surface area (Å²) in [7, 11) is 0. The average molecular weight is 223 g/mol. The molecule has 0 spiro atoms. The van der Waals surface area contributed by atoms with E-state index in [2.05, 4.69) is 26.0 Å². The highest BCUT2D eigenvalue weighted by atomic mass is 35.5. The van der Waals surface area contributed by atoms with E-state index >= 15 is 0 Å². The normalized spacial score (nSPS) is 27.1. The lowest BCUT2D eigenvalue weighted by Crippen LogP contribution is -2.27. The summed E-state index contributed by atoms with van der Waals surface area (Å²) >= 11 is 5.88. The van der Waals surface area contributed by atoms with Gasteiger partial charge in [-0.3, -0.25) is 0 Å². The molecule has 0 N–H and O–H groups in total. The van der Waals surface area contributed by atoms with Crippen LogP contribution >= 0.6 is 11.6 Å². The molecule has 1 fully saturated rings. The second-order valence-electron chi connectivity index (χ2n) is 4.87. The summed E-state index contributed by atoms with van der Waals surface area (Å²) in [5.74, 6) is 2.64. The van der Waals surface area contributed by atoms with Gasteiger partial charge in [-0.1, -0.05) is 44.0 Å². The lowest BCUT2D eigenvalue weighted by atomic mass is 9.66. The summed E-state index contributed by atoms with van der Waals surface area (Å²) in [6.07, 6.45) is 4.06. The molecule has 1 aliphatic rings. The van der Waals surface area contributed by atoms with Crippen molar-refractivity contribution in [2.75, 3.05) is 0 Å². The molecule has 1 aromatic rings. The zero-order valence-corrected chi connectivity index (χ0v) is 10.3. The van der Waals surface area contributed by atoms with Crippen molar-refractivity contribution in [3.05, 3.63) is 34.9 Å². The molecule has 0 radical (unpaired) electrons. The second kappa shape index (κ2) is 4.57. The molecule has 0 aromatic heterocycles. The lowest BCUT2D eigenvalue weighted by Gasteiger charge is -2.39. The van der Waals surface area contributed by atoms with Crippen molar-refractivity contribution >= 4 is 11.6 Å². The second-order valence-corrected chi connectivity index (χ2v) is 5.30. The molecule has 1 atom stereocenters. The van der Waals surface area contributed by atoms with Gasteiger partial charge in [0.2, 0.25) is 0 Å². The van der Waals surface area contributed by atoms with Crippen LogP contribution in [0.5, 0.6) is 0 Å². The fraction of sp³-hybridized carbons (Fsp3) is 0.571. The minimum Gasteiger partial charge on any atom is -0.0843 e. The van der Waals surface area contributed by atoms with Crippen molar-refractivity contribution in [2.45, 2.75) is 39.0 Å². The number of hydrogen-bond donors (Lipinski definition) is 0. The van der Waals surface area contributed by atoms with E-state index in [0.29, 0.717) is 0 Å². The van der Waals surface area contributed by atoms with E-state index < -0.39 is 0 Å². The molecular weight excluding hydrogens is 204 g/mol. The predicted octanol–water partition coefficient (Wildman–Crippen LogP) is 4.88. The molecule has 0 nitrogen and oxygen atoms in total. The molecule has 0 saturated heterocycles. The Morgan fingerprint density at radius 3 is 2.40 bits per heavy atom. The summed E-state index contributed by atoms with van der Waals surface area (Å²) in [6, 6.07) is 8.38. The van der Waals surface area contributed by atoms with Crippen LogP contribution in [0.2, 0.25) is 5.02 Å². The molecule has 1 aromatic carbocycles. The maximum atomic E-state index is 5.88. The van der Waals surface area contributed by atoms with Crippen molar-refractivity contribution in [3.8, 4) is 0 Å². The Kier molecular flexibility index (Phi) is 3.35. The van der Waals surface area contributed by atoms with E-state index in [1.807, 2.05) is 12.1 Å². The predicted molar refractivity (Wildman–Crippen MR) is 66.4 cm³/mol. The molecule has 1 heteroatoms. The van der Waals surface area contributed by atoms with Gasteiger partial charge in [0.25, 0.3) is 0 Å². The first-order valence-electron chi connectivity index (χ1n) is 5.96. The van der Waals surface area contributed by atoms with Gasteiger partial charge < -0.3 is 0 Å². The van der Waals surface area contributed by atoms with Crippen molar-refractivity contribution in [3.63, 3.8) is 0 Å². The van der Waals surface area contributed by atoms with Crippen LogP contribution in [-0.2, 0) is 0 Å². The zero-order chi connectivity index (χ0) is 10.8. The maximum Gasteiger partial charge on any atom is 0.0406 e. The van der Waals surface area contributed by atoms with Crippen LogP contribution in [0, 0.1) is 11.8 Å². The fourth-order valence-corrected chi connectivity index (χ4v) is 2.59. The topological polar surface area (TPSA) is 0 Å². The monoisotopic (exact) mass is 222 g/mol. The number of benzene rings is 1. The van der Waals surface area contributed by atoms with Crippen molar-refractivity contribution < 1.29 is 0 Å². The molecule has 0 heterocycles. The van der Waals surface area contributed by atoms with Crippen molar-refractivity contribution in [1.29, 1.82) is 0 Å². The summed E-state index contributed by atoms with van der Waals surface area (Å²) in [6.45, 7) is 4.67. The van der Waals surface area contributed by atoms with Crippen LogP contribution in [0.25, 0.3) is 0 Å². The van der Waals surface area contributed by atoms with Gasteiger partial charge >= 0.3 is 0 Å². The number of halogens is 1. The van der Waals surface area contributed by atoms with Crippen LogP contribution in [0.4, 0.5) is 0 Å². The third-order valence-corrected chi connectivity index (χ3v) is 4.22. The molecule has 2 rings (SSSR count). The van der Waals surface area contributed by atoms with Gasteiger partial charge in [-0.05, 0) is 48.3 Å². The highest BCUT2D eigenvalue weighted by molar-refractivity contribution is 6.30. The molecule has 1 aliphatic carbocycles. The number of rotatable bonds is 3. The lowest BCUT2D eigenvalue weighted by molar-refractivity contribution is 0.181. The standard InChI is InChI=1S/C14H19Cl/c1-3-10(2)12-8-13(9-12)11-4-6-14(15)7-5-11/h4-7,10,12-13H,3,8-9H2,1-2H3. The van der Waals surface area contributed by atoms with Gasteiger partial charge in [-0.2, -0.15) is 0 Å². The Labute approximate surface area is 97.6 Å². The van der Waals surface area contributed by atoms with Gasteiger partial charge in [0, 0.05) is 5.02 Å². The van der Waals surface area contributed by atoms with Crippen LogP contribution in [0.1, 0.15) is 44.6 Å². The van der Waals surface area contributed by atoms with Crippen LogP contribution < -0.4 is 0 Å². The molecule has 15 heavy (non-hydrogen) atoms. The Balaban J connectivity index is 1.91. The third-order valence-electron chi connectivity index (χ3n) is 3.96. The molecule has 0 amide bonds. The smallest absolute Gasteiger partial charge is 0.0406 e.